The molecular formula is C27H28ClNO4. The molecule has 1 saturated carbocycles. The second kappa shape index (κ2) is 9.97. The molecule has 2 fully saturated rings. The Morgan fingerprint density at radius 2 is 1.82 bits per heavy atom. The minimum atomic E-state index is -0.789. The van der Waals surface area contributed by atoms with Crippen molar-refractivity contribution < 1.29 is 19.1 Å². The van der Waals surface area contributed by atoms with Crippen molar-refractivity contribution in [2.24, 2.45) is 11.8 Å². The van der Waals surface area contributed by atoms with E-state index in [1.54, 1.807) is 31.4 Å². The second-order valence-electron chi connectivity index (χ2n) is 9.14. The minimum absolute atomic E-state index is 0.0460. The molecule has 0 amide bonds. The summed E-state index contributed by atoms with van der Waals surface area (Å²) in [6.45, 7) is 0. The van der Waals surface area contributed by atoms with Crippen molar-refractivity contribution in [2.75, 3.05) is 7.11 Å². The first-order chi connectivity index (χ1) is 15.9. The lowest BCUT2D eigenvalue weighted by Crippen LogP contribution is -2.52. The van der Waals surface area contributed by atoms with Crippen molar-refractivity contribution in [1.29, 1.82) is 5.26 Å². The van der Waals surface area contributed by atoms with Gasteiger partial charge in [0.1, 0.15) is 17.3 Å². The van der Waals surface area contributed by atoms with Crippen LogP contribution < -0.4 is 4.74 Å². The van der Waals surface area contributed by atoms with Crippen LogP contribution in [-0.4, -0.2) is 24.5 Å². The Bertz CT molecular complexity index is 1050. The number of cyclic esters (lactones) is 1. The Hall–Kier alpha value is -2.84. The predicted octanol–water partition coefficient (Wildman–Crippen LogP) is 5.46. The summed E-state index contributed by atoms with van der Waals surface area (Å²) in [7, 11) is 1.58. The quantitative estimate of drug-likeness (QED) is 0.401. The molecule has 0 radical (unpaired) electrons. The average Bonchev–Trinajstić information content (AvgIpc) is 3.36. The van der Waals surface area contributed by atoms with Gasteiger partial charge >= 0.3 is 5.97 Å². The molecule has 6 heteroatoms. The number of carbonyl (C=O) groups excluding carboxylic acids is 2. The number of rotatable bonds is 7. The van der Waals surface area contributed by atoms with Crippen LogP contribution in [0.5, 0.6) is 5.75 Å². The normalized spacial score (nSPS) is 23.2. The molecular weight excluding hydrogens is 438 g/mol. The summed E-state index contributed by atoms with van der Waals surface area (Å²) in [6, 6.07) is 14.8. The lowest BCUT2D eigenvalue weighted by Gasteiger charge is -2.43. The summed E-state index contributed by atoms with van der Waals surface area (Å²) >= 11 is 6.29. The maximum atomic E-state index is 13.3. The van der Waals surface area contributed by atoms with Crippen molar-refractivity contribution in [3.8, 4) is 11.8 Å². The van der Waals surface area contributed by atoms with Gasteiger partial charge in [0.05, 0.1) is 23.8 Å². The molecule has 0 aromatic heterocycles. The van der Waals surface area contributed by atoms with Crippen LogP contribution in [0.4, 0.5) is 0 Å². The Morgan fingerprint density at radius 1 is 1.12 bits per heavy atom. The fraction of sp³-hybridized carbons (Fsp3) is 0.444. The zero-order chi connectivity index (χ0) is 23.4. The molecule has 0 spiro atoms. The number of hydrogen-bond acceptors (Lipinski definition) is 5. The number of methoxy groups -OCH3 is 1. The van der Waals surface area contributed by atoms with E-state index in [4.69, 9.17) is 26.3 Å². The molecule has 0 bridgehead atoms. The van der Waals surface area contributed by atoms with E-state index in [9.17, 15) is 9.59 Å². The van der Waals surface area contributed by atoms with Gasteiger partial charge in [-0.05, 0) is 73.4 Å². The molecule has 2 atom stereocenters. The number of hydrogen-bond donors (Lipinski definition) is 0. The highest BCUT2D eigenvalue weighted by atomic mass is 35.5. The summed E-state index contributed by atoms with van der Waals surface area (Å²) in [5.74, 6) is -0.431. The monoisotopic (exact) mass is 465 g/mol. The molecule has 1 heterocycles. The summed E-state index contributed by atoms with van der Waals surface area (Å²) in [6.07, 6.45) is 5.98. The third-order valence-corrected chi connectivity index (χ3v) is 7.42. The van der Waals surface area contributed by atoms with Gasteiger partial charge in [-0.3, -0.25) is 9.59 Å². The molecule has 0 N–H and O–H groups in total. The molecule has 2 unspecified atom stereocenters. The van der Waals surface area contributed by atoms with Crippen LogP contribution in [0.25, 0.3) is 0 Å². The number of benzene rings is 2. The van der Waals surface area contributed by atoms with Crippen LogP contribution in [0, 0.1) is 23.2 Å². The van der Waals surface area contributed by atoms with Crippen LogP contribution in [0.2, 0.25) is 5.02 Å². The highest BCUT2D eigenvalue weighted by molar-refractivity contribution is 6.32. The summed E-state index contributed by atoms with van der Waals surface area (Å²) in [4.78, 5) is 26.4. The van der Waals surface area contributed by atoms with Crippen molar-refractivity contribution >= 4 is 23.4 Å². The zero-order valence-electron chi connectivity index (χ0n) is 18.8. The molecule has 5 nitrogen and oxygen atoms in total. The number of ketones is 1. The number of nitrogens with zero attached hydrogens (tertiary/aromatic N) is 1. The molecule has 2 aromatic carbocycles. The van der Waals surface area contributed by atoms with E-state index in [2.05, 4.69) is 6.07 Å². The molecule has 2 aromatic rings. The highest BCUT2D eigenvalue weighted by Crippen LogP contribution is 2.45. The predicted molar refractivity (Wildman–Crippen MR) is 125 cm³/mol. The van der Waals surface area contributed by atoms with E-state index in [1.807, 2.05) is 18.2 Å². The van der Waals surface area contributed by atoms with Crippen LogP contribution in [-0.2, 0) is 27.2 Å². The maximum absolute atomic E-state index is 13.3. The van der Waals surface area contributed by atoms with E-state index < -0.39 is 17.5 Å². The Morgan fingerprint density at radius 3 is 2.42 bits per heavy atom. The number of Topliss-reactive ketones (excluding diaryl/α,β-unsaturated/α-hetero) is 1. The smallest absolute Gasteiger partial charge is 0.317 e. The molecule has 33 heavy (non-hydrogen) atoms. The van der Waals surface area contributed by atoms with Crippen LogP contribution in [0.1, 0.15) is 55.2 Å². The Kier molecular flexibility index (Phi) is 7.05. The summed E-state index contributed by atoms with van der Waals surface area (Å²) in [5, 5.41) is 9.52. The van der Waals surface area contributed by atoms with Gasteiger partial charge in [0.25, 0.3) is 0 Å². The molecule has 1 aliphatic carbocycles. The van der Waals surface area contributed by atoms with Gasteiger partial charge in [0, 0.05) is 6.42 Å². The number of ether oxygens (including phenoxy) is 2. The third kappa shape index (κ3) is 5.07. The molecule has 1 saturated heterocycles. The van der Waals surface area contributed by atoms with Crippen molar-refractivity contribution in [2.45, 2.75) is 57.0 Å². The first kappa shape index (κ1) is 23.3. The van der Waals surface area contributed by atoms with Gasteiger partial charge < -0.3 is 9.47 Å². The van der Waals surface area contributed by atoms with Crippen molar-refractivity contribution in [1.82, 2.24) is 0 Å². The standard InChI is InChI=1S/C27H28ClNO4/c1-32-25-11-10-19(15-23(25)28)12-13-27(21-4-2-3-5-21)16-24(30)22(26(31)33-27)14-18-6-8-20(17-29)9-7-18/h6-11,15,21-22H,2-5,12-14,16H2,1H3. The van der Waals surface area contributed by atoms with Crippen LogP contribution >= 0.6 is 11.6 Å². The summed E-state index contributed by atoms with van der Waals surface area (Å²) < 4.78 is 11.4. The fourth-order valence-corrected chi connectivity index (χ4v) is 5.53. The summed E-state index contributed by atoms with van der Waals surface area (Å²) in [5.41, 5.74) is 1.68. The maximum Gasteiger partial charge on any atom is 0.317 e. The lowest BCUT2D eigenvalue weighted by molar-refractivity contribution is -0.185. The van der Waals surface area contributed by atoms with E-state index in [0.717, 1.165) is 36.8 Å². The SMILES string of the molecule is COc1ccc(CCC2(C3CCCC3)CC(=O)C(Cc3ccc(C#N)cc3)C(=O)O2)cc1Cl. The van der Waals surface area contributed by atoms with E-state index >= 15 is 0 Å². The number of nitriles is 1. The van der Waals surface area contributed by atoms with E-state index in [0.29, 0.717) is 35.6 Å². The molecule has 1 aliphatic heterocycles. The second-order valence-corrected chi connectivity index (χ2v) is 9.55. The zero-order valence-corrected chi connectivity index (χ0v) is 19.6. The topological polar surface area (TPSA) is 76.4 Å². The number of esters is 1. The third-order valence-electron chi connectivity index (χ3n) is 7.13. The largest absolute Gasteiger partial charge is 0.495 e. The highest BCUT2D eigenvalue weighted by Gasteiger charge is 2.51. The van der Waals surface area contributed by atoms with Crippen LogP contribution in [0.15, 0.2) is 42.5 Å². The van der Waals surface area contributed by atoms with Gasteiger partial charge in [-0.15, -0.1) is 0 Å². The Balaban J connectivity index is 1.51. The molecule has 2 aliphatic rings. The van der Waals surface area contributed by atoms with E-state index in [-0.39, 0.29) is 18.1 Å². The minimum Gasteiger partial charge on any atom is -0.495 e. The van der Waals surface area contributed by atoms with Gasteiger partial charge in [-0.2, -0.15) is 5.26 Å². The average molecular weight is 466 g/mol. The van der Waals surface area contributed by atoms with Crippen molar-refractivity contribution in [3.05, 3.63) is 64.2 Å². The number of halogens is 1. The fourth-order valence-electron chi connectivity index (χ4n) is 5.25. The molecule has 172 valence electrons. The van der Waals surface area contributed by atoms with Gasteiger partial charge in [0.15, 0.2) is 5.78 Å². The van der Waals surface area contributed by atoms with Gasteiger partial charge in [-0.1, -0.05) is 42.6 Å². The lowest BCUT2D eigenvalue weighted by atomic mass is 9.73. The first-order valence-electron chi connectivity index (χ1n) is 11.5. The first-order valence-corrected chi connectivity index (χ1v) is 11.9. The number of carbonyl (C=O) groups is 2. The van der Waals surface area contributed by atoms with Crippen LogP contribution in [0.3, 0.4) is 0 Å². The van der Waals surface area contributed by atoms with Gasteiger partial charge in [0.2, 0.25) is 0 Å². The Labute approximate surface area is 199 Å². The van der Waals surface area contributed by atoms with Crippen molar-refractivity contribution in [3.63, 3.8) is 0 Å². The number of aryl methyl sites for hydroxylation is 1. The van der Waals surface area contributed by atoms with Gasteiger partial charge in [-0.25, -0.2) is 0 Å². The van der Waals surface area contributed by atoms with E-state index in [1.165, 1.54) is 0 Å². The molecule has 4 rings (SSSR count).